The summed E-state index contributed by atoms with van der Waals surface area (Å²) >= 11 is 5.44. The molecule has 0 radical (unpaired) electrons. The fraction of sp³-hybridized carbons (Fsp3) is 0.483. The quantitative estimate of drug-likeness (QED) is 0.417. The summed E-state index contributed by atoms with van der Waals surface area (Å²) in [5.41, 5.74) is 7.75. The standard InChI is InChI=1S/C15H20N2O.C14H20ClNO/c1-11-8-12(2)10-14(9-11)5-4-13(3)17-15(18)6-7-16;1-10-6-11(2)8-13(7-10)5-4-12(3)16-14(17)9-15/h8-10,13H,4-6H2,1-3H3,(H,17,18);6-8,12H,4-5,9H2,1-3H3,(H,16,17). The van der Waals surface area contributed by atoms with Gasteiger partial charge in [-0.05, 0) is 78.4 Å². The van der Waals surface area contributed by atoms with E-state index in [1.165, 1.54) is 33.4 Å². The van der Waals surface area contributed by atoms with Crippen molar-refractivity contribution in [3.8, 4) is 6.07 Å². The third kappa shape index (κ3) is 13.6. The molecule has 0 saturated heterocycles. The maximum Gasteiger partial charge on any atom is 0.235 e. The normalized spacial score (nSPS) is 11.9. The highest BCUT2D eigenvalue weighted by Crippen LogP contribution is 2.13. The van der Waals surface area contributed by atoms with Gasteiger partial charge in [-0.25, -0.2) is 0 Å². The van der Waals surface area contributed by atoms with Crippen molar-refractivity contribution in [3.05, 3.63) is 69.8 Å². The average molecular weight is 498 g/mol. The number of carbonyl (C=O) groups is 2. The molecule has 5 nitrogen and oxygen atoms in total. The van der Waals surface area contributed by atoms with Crippen molar-refractivity contribution in [1.29, 1.82) is 5.26 Å². The fourth-order valence-corrected chi connectivity index (χ4v) is 4.13. The van der Waals surface area contributed by atoms with Crippen molar-refractivity contribution in [3.63, 3.8) is 0 Å². The Balaban J connectivity index is 0.000000351. The van der Waals surface area contributed by atoms with Gasteiger partial charge in [0.15, 0.2) is 0 Å². The maximum absolute atomic E-state index is 11.2. The van der Waals surface area contributed by atoms with Crippen LogP contribution >= 0.6 is 11.6 Å². The van der Waals surface area contributed by atoms with Crippen LogP contribution in [-0.2, 0) is 22.4 Å². The molecule has 0 fully saturated rings. The summed E-state index contributed by atoms with van der Waals surface area (Å²) in [5.74, 6) is -0.251. The summed E-state index contributed by atoms with van der Waals surface area (Å²) < 4.78 is 0. The van der Waals surface area contributed by atoms with E-state index in [1.54, 1.807) is 0 Å². The zero-order valence-corrected chi connectivity index (χ0v) is 22.8. The van der Waals surface area contributed by atoms with E-state index in [4.69, 9.17) is 16.9 Å². The number of benzene rings is 2. The molecule has 2 atom stereocenters. The Morgan fingerprint density at radius 2 is 1.14 bits per heavy atom. The van der Waals surface area contributed by atoms with Crippen LogP contribution in [0.15, 0.2) is 36.4 Å². The minimum Gasteiger partial charge on any atom is -0.353 e. The summed E-state index contributed by atoms with van der Waals surface area (Å²) in [5, 5.41) is 14.1. The lowest BCUT2D eigenvalue weighted by Gasteiger charge is -2.13. The minimum absolute atomic E-state index is 0.0356. The number of hydrogen-bond acceptors (Lipinski definition) is 3. The lowest BCUT2D eigenvalue weighted by Crippen LogP contribution is -2.33. The molecule has 0 aliphatic rings. The number of aryl methyl sites for hydroxylation is 6. The van der Waals surface area contributed by atoms with E-state index in [1.807, 2.05) is 19.9 Å². The molecule has 0 spiro atoms. The number of halogens is 1. The van der Waals surface area contributed by atoms with Gasteiger partial charge in [0.1, 0.15) is 12.3 Å². The van der Waals surface area contributed by atoms with Gasteiger partial charge in [0.25, 0.3) is 0 Å². The lowest BCUT2D eigenvalue weighted by atomic mass is 10.0. The first kappa shape index (κ1) is 30.2. The van der Waals surface area contributed by atoms with Gasteiger partial charge in [-0.15, -0.1) is 11.6 Å². The first-order valence-corrected chi connectivity index (χ1v) is 12.7. The Labute approximate surface area is 216 Å². The highest BCUT2D eigenvalue weighted by molar-refractivity contribution is 6.27. The molecule has 0 aliphatic carbocycles. The van der Waals surface area contributed by atoms with E-state index >= 15 is 0 Å². The van der Waals surface area contributed by atoms with Crippen molar-refractivity contribution < 1.29 is 9.59 Å². The number of rotatable bonds is 10. The van der Waals surface area contributed by atoms with Crippen molar-refractivity contribution in [2.24, 2.45) is 0 Å². The third-order valence-electron chi connectivity index (χ3n) is 5.47. The second-order valence-corrected chi connectivity index (χ2v) is 9.74. The minimum atomic E-state index is -0.189. The van der Waals surface area contributed by atoms with E-state index in [0.717, 1.165) is 25.7 Å². The van der Waals surface area contributed by atoms with Crippen LogP contribution in [-0.4, -0.2) is 29.8 Å². The predicted octanol–water partition coefficient (Wildman–Crippen LogP) is 5.63. The van der Waals surface area contributed by atoms with Gasteiger partial charge in [0.05, 0.1) is 6.07 Å². The lowest BCUT2D eigenvalue weighted by molar-refractivity contribution is -0.121. The summed E-state index contributed by atoms with van der Waals surface area (Å²) in [6.45, 7) is 12.4. The first-order valence-electron chi connectivity index (χ1n) is 12.2. The van der Waals surface area contributed by atoms with Crippen LogP contribution in [0.5, 0.6) is 0 Å². The Bertz CT molecular complexity index is 973. The monoisotopic (exact) mass is 497 g/mol. The SMILES string of the molecule is Cc1cc(C)cc(CCC(C)NC(=O)CC#N)c1.Cc1cc(C)cc(CCC(C)NC(=O)CCl)c1. The van der Waals surface area contributed by atoms with Gasteiger partial charge in [-0.1, -0.05) is 58.7 Å². The molecular formula is C29H40ClN3O2. The van der Waals surface area contributed by atoms with E-state index in [2.05, 4.69) is 74.7 Å². The highest BCUT2D eigenvalue weighted by atomic mass is 35.5. The average Bonchev–Trinajstić information content (AvgIpc) is 2.75. The number of amides is 2. The smallest absolute Gasteiger partial charge is 0.235 e. The van der Waals surface area contributed by atoms with Crippen molar-refractivity contribution in [2.75, 3.05) is 5.88 Å². The summed E-state index contributed by atoms with van der Waals surface area (Å²) in [4.78, 5) is 22.3. The number of alkyl halides is 1. The van der Waals surface area contributed by atoms with E-state index in [0.29, 0.717) is 0 Å². The van der Waals surface area contributed by atoms with Crippen molar-refractivity contribution in [1.82, 2.24) is 10.6 Å². The van der Waals surface area contributed by atoms with Gasteiger partial charge in [0.2, 0.25) is 11.8 Å². The second kappa shape index (κ2) is 15.9. The van der Waals surface area contributed by atoms with Crippen LogP contribution < -0.4 is 10.6 Å². The van der Waals surface area contributed by atoms with Crippen LogP contribution in [0.1, 0.15) is 66.5 Å². The van der Waals surface area contributed by atoms with Gasteiger partial charge >= 0.3 is 0 Å². The fourth-order valence-electron chi connectivity index (χ4n) is 4.05. The Kier molecular flexibility index (Phi) is 13.8. The number of nitrogens with zero attached hydrogens (tertiary/aromatic N) is 1. The van der Waals surface area contributed by atoms with Gasteiger partial charge < -0.3 is 10.6 Å². The second-order valence-electron chi connectivity index (χ2n) is 9.47. The van der Waals surface area contributed by atoms with Gasteiger partial charge in [0, 0.05) is 12.1 Å². The Morgan fingerprint density at radius 1 is 0.771 bits per heavy atom. The van der Waals surface area contributed by atoms with Crippen LogP contribution in [0, 0.1) is 39.0 Å². The molecule has 2 amide bonds. The maximum atomic E-state index is 11.2. The highest BCUT2D eigenvalue weighted by Gasteiger charge is 2.08. The molecule has 35 heavy (non-hydrogen) atoms. The molecule has 0 aromatic heterocycles. The van der Waals surface area contributed by atoms with E-state index < -0.39 is 0 Å². The molecule has 0 aliphatic heterocycles. The molecule has 2 unspecified atom stereocenters. The van der Waals surface area contributed by atoms with Gasteiger partial charge in [-0.2, -0.15) is 5.26 Å². The third-order valence-corrected chi connectivity index (χ3v) is 5.71. The zero-order chi connectivity index (χ0) is 26.4. The first-order chi connectivity index (χ1) is 16.5. The summed E-state index contributed by atoms with van der Waals surface area (Å²) in [6, 6.07) is 15.2. The molecule has 0 saturated carbocycles. The Hall–Kier alpha value is -2.84. The number of nitriles is 1. The molecule has 2 N–H and O–H groups in total. The number of carbonyl (C=O) groups excluding carboxylic acids is 2. The predicted molar refractivity (Wildman–Crippen MR) is 145 cm³/mol. The van der Waals surface area contributed by atoms with E-state index in [9.17, 15) is 9.59 Å². The number of nitrogens with one attached hydrogen (secondary N) is 2. The zero-order valence-electron chi connectivity index (χ0n) is 22.0. The molecule has 0 bridgehead atoms. The largest absolute Gasteiger partial charge is 0.353 e. The molecule has 0 heterocycles. The molecule has 6 heteroatoms. The summed E-state index contributed by atoms with van der Waals surface area (Å²) in [6.07, 6.45) is 3.68. The van der Waals surface area contributed by atoms with Crippen LogP contribution in [0.4, 0.5) is 0 Å². The molecule has 2 rings (SSSR count). The van der Waals surface area contributed by atoms with E-state index in [-0.39, 0.29) is 36.2 Å². The molecular weight excluding hydrogens is 458 g/mol. The van der Waals surface area contributed by atoms with Crippen LogP contribution in [0.3, 0.4) is 0 Å². The Morgan fingerprint density at radius 3 is 1.49 bits per heavy atom. The van der Waals surface area contributed by atoms with Gasteiger partial charge in [-0.3, -0.25) is 9.59 Å². The van der Waals surface area contributed by atoms with Crippen molar-refractivity contribution in [2.45, 2.75) is 85.7 Å². The summed E-state index contributed by atoms with van der Waals surface area (Å²) in [7, 11) is 0. The molecule has 190 valence electrons. The molecule has 2 aromatic carbocycles. The topological polar surface area (TPSA) is 82.0 Å². The van der Waals surface area contributed by atoms with Crippen LogP contribution in [0.2, 0.25) is 0 Å². The van der Waals surface area contributed by atoms with Crippen molar-refractivity contribution >= 4 is 23.4 Å². The molecule has 2 aromatic rings. The number of hydrogen-bond donors (Lipinski definition) is 2. The van der Waals surface area contributed by atoms with Crippen LogP contribution in [0.25, 0.3) is 0 Å².